The third kappa shape index (κ3) is 1.82. The number of nitrogens with one attached hydrogen (secondary N) is 2. The second-order valence-corrected chi connectivity index (χ2v) is 3.58. The first-order valence-corrected chi connectivity index (χ1v) is 4.85. The van der Waals surface area contributed by atoms with Crippen LogP contribution in [-0.2, 0) is 6.54 Å². The zero-order chi connectivity index (χ0) is 10.8. The number of hydrogen-bond donors (Lipinski definition) is 3. The summed E-state index contributed by atoms with van der Waals surface area (Å²) < 4.78 is 0. The number of halogens is 1. The monoisotopic (exact) mass is 223 g/mol. The fraction of sp³-hybridized carbons (Fsp3) is 0.100. The molecular formula is C10H10ClN3O. The van der Waals surface area contributed by atoms with Gasteiger partial charge in [-0.15, -0.1) is 0 Å². The van der Waals surface area contributed by atoms with Crippen molar-refractivity contribution in [3.63, 3.8) is 0 Å². The van der Waals surface area contributed by atoms with Crippen LogP contribution >= 0.6 is 11.6 Å². The maximum absolute atomic E-state index is 11.3. The van der Waals surface area contributed by atoms with Gasteiger partial charge < -0.3 is 5.73 Å². The zero-order valence-electron chi connectivity index (χ0n) is 7.88. The quantitative estimate of drug-likeness (QED) is 0.722. The van der Waals surface area contributed by atoms with E-state index in [2.05, 4.69) is 10.2 Å². The molecule has 0 bridgehead atoms. The van der Waals surface area contributed by atoms with Gasteiger partial charge in [-0.05, 0) is 12.1 Å². The SMILES string of the molecule is NCc1c(-c2ccc(Cl)cc2)[nH][nH]c1=O. The third-order valence-corrected chi connectivity index (χ3v) is 2.47. The van der Waals surface area contributed by atoms with Crippen molar-refractivity contribution in [1.29, 1.82) is 0 Å². The van der Waals surface area contributed by atoms with Gasteiger partial charge in [0.05, 0.1) is 11.3 Å². The first-order chi connectivity index (χ1) is 7.22. The van der Waals surface area contributed by atoms with Crippen molar-refractivity contribution < 1.29 is 0 Å². The van der Waals surface area contributed by atoms with Crippen LogP contribution in [0.5, 0.6) is 0 Å². The Labute approximate surface area is 91.1 Å². The van der Waals surface area contributed by atoms with Gasteiger partial charge >= 0.3 is 0 Å². The van der Waals surface area contributed by atoms with E-state index in [1.54, 1.807) is 12.1 Å². The minimum absolute atomic E-state index is 0.178. The van der Waals surface area contributed by atoms with Crippen LogP contribution in [0.2, 0.25) is 5.02 Å². The second kappa shape index (κ2) is 3.92. The molecule has 4 nitrogen and oxygen atoms in total. The van der Waals surface area contributed by atoms with Gasteiger partial charge in [0.25, 0.3) is 5.56 Å². The van der Waals surface area contributed by atoms with Crippen LogP contribution in [0, 0.1) is 0 Å². The Morgan fingerprint density at radius 1 is 1.20 bits per heavy atom. The molecule has 0 unspecified atom stereocenters. The zero-order valence-corrected chi connectivity index (χ0v) is 8.64. The van der Waals surface area contributed by atoms with E-state index in [0.717, 1.165) is 11.3 Å². The summed E-state index contributed by atoms with van der Waals surface area (Å²) >= 11 is 5.77. The molecule has 0 spiro atoms. The number of H-pyrrole nitrogens is 2. The maximum Gasteiger partial charge on any atom is 0.269 e. The predicted octanol–water partition coefficient (Wildman–Crippen LogP) is 1.48. The van der Waals surface area contributed by atoms with E-state index >= 15 is 0 Å². The van der Waals surface area contributed by atoms with Gasteiger partial charge in [-0.25, -0.2) is 0 Å². The van der Waals surface area contributed by atoms with Crippen LogP contribution in [0.25, 0.3) is 11.3 Å². The summed E-state index contributed by atoms with van der Waals surface area (Å²) in [5.74, 6) is 0. The first kappa shape index (κ1) is 10.0. The van der Waals surface area contributed by atoms with Gasteiger partial charge in [-0.1, -0.05) is 23.7 Å². The van der Waals surface area contributed by atoms with E-state index < -0.39 is 0 Å². The molecular weight excluding hydrogens is 214 g/mol. The minimum Gasteiger partial charge on any atom is -0.326 e. The summed E-state index contributed by atoms with van der Waals surface area (Å²) in [5.41, 5.74) is 7.48. The second-order valence-electron chi connectivity index (χ2n) is 3.14. The molecule has 78 valence electrons. The van der Waals surface area contributed by atoms with Crippen molar-refractivity contribution in [2.75, 3.05) is 0 Å². The normalized spacial score (nSPS) is 10.5. The van der Waals surface area contributed by atoms with E-state index in [1.807, 2.05) is 12.1 Å². The lowest BCUT2D eigenvalue weighted by atomic mass is 10.1. The highest BCUT2D eigenvalue weighted by Crippen LogP contribution is 2.20. The van der Waals surface area contributed by atoms with E-state index in [-0.39, 0.29) is 12.1 Å². The third-order valence-electron chi connectivity index (χ3n) is 2.21. The summed E-state index contributed by atoms with van der Waals surface area (Å²) in [6, 6.07) is 7.20. The molecule has 0 aliphatic heterocycles. The smallest absolute Gasteiger partial charge is 0.269 e. The topological polar surface area (TPSA) is 74.7 Å². The Morgan fingerprint density at radius 2 is 1.87 bits per heavy atom. The number of rotatable bonds is 2. The Bertz CT molecular complexity index is 512. The van der Waals surface area contributed by atoms with Crippen molar-refractivity contribution in [3.05, 3.63) is 45.2 Å². The summed E-state index contributed by atoms with van der Waals surface area (Å²) in [4.78, 5) is 11.3. The number of aromatic nitrogens is 2. The molecule has 0 amide bonds. The fourth-order valence-electron chi connectivity index (χ4n) is 1.44. The van der Waals surface area contributed by atoms with Crippen LogP contribution in [-0.4, -0.2) is 10.2 Å². The lowest BCUT2D eigenvalue weighted by molar-refractivity contribution is 1.04. The van der Waals surface area contributed by atoms with Gasteiger partial charge in [-0.3, -0.25) is 15.0 Å². The summed E-state index contributed by atoms with van der Waals surface area (Å²) in [7, 11) is 0. The van der Waals surface area contributed by atoms with Crippen LogP contribution < -0.4 is 11.3 Å². The van der Waals surface area contributed by atoms with Crippen molar-refractivity contribution in [2.24, 2.45) is 5.73 Å². The largest absolute Gasteiger partial charge is 0.326 e. The molecule has 0 aliphatic carbocycles. The van der Waals surface area contributed by atoms with Gasteiger partial charge in [-0.2, -0.15) is 0 Å². The first-order valence-electron chi connectivity index (χ1n) is 4.48. The van der Waals surface area contributed by atoms with Gasteiger partial charge in [0.2, 0.25) is 0 Å². The lowest BCUT2D eigenvalue weighted by Crippen LogP contribution is -2.10. The predicted molar refractivity (Wildman–Crippen MR) is 59.8 cm³/mol. The molecule has 5 heteroatoms. The van der Waals surface area contributed by atoms with Crippen molar-refractivity contribution in [1.82, 2.24) is 10.2 Å². The van der Waals surface area contributed by atoms with Crippen LogP contribution in [0.4, 0.5) is 0 Å². The van der Waals surface area contributed by atoms with Gasteiger partial charge in [0, 0.05) is 17.1 Å². The molecule has 0 saturated carbocycles. The highest BCUT2D eigenvalue weighted by atomic mass is 35.5. The number of benzene rings is 1. The molecule has 0 aliphatic rings. The molecule has 2 rings (SSSR count). The fourth-order valence-corrected chi connectivity index (χ4v) is 1.57. The molecule has 0 fully saturated rings. The Kier molecular flexibility index (Phi) is 2.62. The van der Waals surface area contributed by atoms with Crippen LogP contribution in [0.15, 0.2) is 29.1 Å². The molecule has 0 atom stereocenters. The Hall–Kier alpha value is -1.52. The summed E-state index contributed by atoms with van der Waals surface area (Å²) in [5, 5.41) is 5.97. The lowest BCUT2D eigenvalue weighted by Gasteiger charge is -2.00. The van der Waals surface area contributed by atoms with Crippen LogP contribution in [0.3, 0.4) is 0 Å². The molecule has 0 saturated heterocycles. The number of hydrogen-bond acceptors (Lipinski definition) is 2. The summed E-state index contributed by atoms with van der Waals surface area (Å²) in [6.07, 6.45) is 0. The Balaban J connectivity index is 2.54. The van der Waals surface area contributed by atoms with E-state index in [4.69, 9.17) is 17.3 Å². The Morgan fingerprint density at radius 3 is 2.47 bits per heavy atom. The molecule has 1 heterocycles. The van der Waals surface area contributed by atoms with Gasteiger partial charge in [0.1, 0.15) is 0 Å². The minimum atomic E-state index is -0.178. The molecule has 4 N–H and O–H groups in total. The van der Waals surface area contributed by atoms with Crippen molar-refractivity contribution >= 4 is 11.6 Å². The summed E-state index contributed by atoms with van der Waals surface area (Å²) in [6.45, 7) is 0.205. The molecule has 2 aromatic rings. The maximum atomic E-state index is 11.3. The molecule has 1 aromatic heterocycles. The standard InChI is InChI=1S/C10H10ClN3O/c11-7-3-1-6(2-4-7)9-8(5-12)10(15)14-13-9/h1-4H,5,12H2,(H2,13,14,15). The van der Waals surface area contributed by atoms with E-state index in [0.29, 0.717) is 10.6 Å². The highest BCUT2D eigenvalue weighted by Gasteiger charge is 2.09. The highest BCUT2D eigenvalue weighted by molar-refractivity contribution is 6.30. The van der Waals surface area contributed by atoms with Crippen molar-refractivity contribution in [2.45, 2.75) is 6.54 Å². The average molecular weight is 224 g/mol. The van der Waals surface area contributed by atoms with E-state index in [9.17, 15) is 4.79 Å². The average Bonchev–Trinajstić information content (AvgIpc) is 2.61. The van der Waals surface area contributed by atoms with Gasteiger partial charge in [0.15, 0.2) is 0 Å². The number of nitrogens with two attached hydrogens (primary N) is 1. The molecule has 15 heavy (non-hydrogen) atoms. The number of aromatic amines is 2. The molecule has 1 aromatic carbocycles. The van der Waals surface area contributed by atoms with Crippen LogP contribution in [0.1, 0.15) is 5.56 Å². The molecule has 0 radical (unpaired) electrons. The van der Waals surface area contributed by atoms with Crippen molar-refractivity contribution in [3.8, 4) is 11.3 Å². The van der Waals surface area contributed by atoms with E-state index in [1.165, 1.54) is 0 Å².